The molecule has 0 saturated carbocycles. The van der Waals surface area contributed by atoms with Crippen LogP contribution < -0.4 is 30.7 Å². The highest BCUT2D eigenvalue weighted by Gasteiger charge is 2.29. The number of ether oxygens (including phenoxy) is 2. The molecule has 0 aliphatic carbocycles. The number of hydrogen-bond donors (Lipinski definition) is 4. The molecule has 0 spiro atoms. The molecule has 6 aromatic carbocycles. The molecule has 2 saturated heterocycles. The average molecular weight is 945 g/mol. The fourth-order valence-corrected chi connectivity index (χ4v) is 7.47. The normalized spacial score (nSPS) is 13.3. The van der Waals surface area contributed by atoms with E-state index >= 15 is 0 Å². The molecule has 10 rings (SSSR count). The average Bonchev–Trinajstić information content (AvgIpc) is 4.01. The predicted octanol–water partition coefficient (Wildman–Crippen LogP) is 7.90. The Morgan fingerprint density at radius 2 is 0.786 bits per heavy atom. The van der Waals surface area contributed by atoms with Gasteiger partial charge in [-0.15, -0.1) is 0 Å². The lowest BCUT2D eigenvalue weighted by Crippen LogP contribution is -2.51. The van der Waals surface area contributed by atoms with Crippen molar-refractivity contribution in [2.24, 2.45) is 0 Å². The summed E-state index contributed by atoms with van der Waals surface area (Å²) in [4.78, 5) is 60.8. The number of nitrogens with one attached hydrogen (secondary N) is 4. The molecule has 15 nitrogen and oxygen atoms in total. The van der Waals surface area contributed by atoms with E-state index in [-0.39, 0.29) is 16.3 Å². The lowest BCUT2D eigenvalue weighted by molar-refractivity contribution is -0.125. The molecule has 70 heavy (non-hydrogen) atoms. The maximum atomic E-state index is 12.4. The van der Waals surface area contributed by atoms with Crippen molar-refractivity contribution < 1.29 is 33.4 Å². The van der Waals surface area contributed by atoms with Gasteiger partial charge in [0, 0.05) is 34.6 Å². The Labute approximate surface area is 406 Å². The Morgan fingerprint density at radius 3 is 1.16 bits per heavy atom. The second-order valence-corrected chi connectivity index (χ2v) is 16.0. The van der Waals surface area contributed by atoms with E-state index < -0.39 is 29.7 Å². The third kappa shape index (κ3) is 11.0. The van der Waals surface area contributed by atoms with Crippen LogP contribution in [0.25, 0.3) is 46.0 Å². The fraction of sp³-hybridized carbons (Fsp3) is 0.0370. The Kier molecular flexibility index (Phi) is 13.7. The number of nitrogens with zero attached hydrogens (tertiary/aromatic N) is 4. The van der Waals surface area contributed by atoms with Crippen LogP contribution in [0.5, 0.6) is 11.5 Å². The van der Waals surface area contributed by atoms with E-state index in [2.05, 4.69) is 21.3 Å². The zero-order valence-corrected chi connectivity index (χ0v) is 37.8. The molecule has 16 heteroatoms. The first-order valence-corrected chi connectivity index (χ1v) is 22.2. The number of imide groups is 2. The van der Waals surface area contributed by atoms with E-state index in [0.29, 0.717) is 41.5 Å². The maximum Gasteiger partial charge on any atom is 0.328 e. The van der Waals surface area contributed by atoms with Crippen LogP contribution in [0.3, 0.4) is 0 Å². The second-order valence-electron chi connectivity index (χ2n) is 15.6. The SMILES string of the molecule is O=C1NC(=O)C(=Cc2cn(-c3ccccc3)nc2-c2ccc(OCc3ccccc3)cc2)C(=O)N1.O=C1NC(=S)NC(=O)C1=Cc1cn(-c2ccccc2)nc1-c1ccc(OCc2ccccc2)cc1. The molecule has 4 heterocycles. The van der Waals surface area contributed by atoms with Gasteiger partial charge in [-0.05, 0) is 108 Å². The van der Waals surface area contributed by atoms with Gasteiger partial charge >= 0.3 is 6.03 Å². The molecule has 344 valence electrons. The predicted molar refractivity (Wildman–Crippen MR) is 266 cm³/mol. The number of barbiturate groups is 1. The summed E-state index contributed by atoms with van der Waals surface area (Å²) in [6.07, 6.45) is 6.46. The van der Waals surface area contributed by atoms with E-state index in [9.17, 15) is 24.0 Å². The van der Waals surface area contributed by atoms with Crippen molar-refractivity contribution in [2.45, 2.75) is 13.2 Å². The topological polar surface area (TPSA) is 188 Å². The zero-order valence-electron chi connectivity index (χ0n) is 36.9. The first-order chi connectivity index (χ1) is 34.1. The number of benzene rings is 6. The van der Waals surface area contributed by atoms with Crippen LogP contribution >= 0.6 is 12.2 Å². The number of hydrogen-bond acceptors (Lipinski definition) is 10. The van der Waals surface area contributed by atoms with Crippen LogP contribution in [0.15, 0.2) is 193 Å². The molecule has 0 atom stereocenters. The molecule has 8 aromatic rings. The molecule has 6 amide bonds. The fourth-order valence-electron chi connectivity index (χ4n) is 7.28. The van der Waals surface area contributed by atoms with Crippen LogP contribution in [0, 0.1) is 0 Å². The Bertz CT molecular complexity index is 3030. The van der Waals surface area contributed by atoms with Crippen LogP contribution in [0.1, 0.15) is 22.3 Å². The van der Waals surface area contributed by atoms with E-state index in [1.54, 1.807) is 21.8 Å². The van der Waals surface area contributed by atoms with Crippen LogP contribution in [0.2, 0.25) is 0 Å². The van der Waals surface area contributed by atoms with Gasteiger partial charge in [0.05, 0.1) is 22.8 Å². The van der Waals surface area contributed by atoms with E-state index in [0.717, 1.165) is 39.4 Å². The minimum atomic E-state index is -0.844. The Morgan fingerprint density at radius 1 is 0.443 bits per heavy atom. The monoisotopic (exact) mass is 944 g/mol. The van der Waals surface area contributed by atoms with Crippen molar-refractivity contribution >= 4 is 59.1 Å². The molecule has 2 aliphatic heterocycles. The quantitative estimate of drug-likeness (QED) is 0.0533. The van der Waals surface area contributed by atoms with Gasteiger partial charge in [-0.3, -0.25) is 40.4 Å². The number of para-hydroxylation sites is 2. The van der Waals surface area contributed by atoms with Crippen molar-refractivity contribution in [3.63, 3.8) is 0 Å². The standard InChI is InChI=1S/C27H20N4O4.C27H20N4O3S/c32-25-23(26(33)29-27(34)28-25)15-20-16-31(21-9-5-2-6-10-21)30-24(20)19-11-13-22(14-12-19)35-17-18-7-3-1-4-8-18;32-25-23(26(33)29-27(35)28-25)15-20-16-31(21-9-5-2-6-10-21)30-24(20)19-11-13-22(14-12-19)34-17-18-7-3-1-4-8-18/h1-16H,17H2,(H2,28,29,32,33,34);1-16H,17H2,(H2,28,29,32,33,35). The Balaban J connectivity index is 0.000000174. The maximum absolute atomic E-state index is 12.4. The summed E-state index contributed by atoms with van der Waals surface area (Å²) in [6.45, 7) is 0.912. The summed E-state index contributed by atoms with van der Waals surface area (Å²) in [6, 6.07) is 53.0. The van der Waals surface area contributed by atoms with Crippen molar-refractivity contribution in [1.82, 2.24) is 40.8 Å². The van der Waals surface area contributed by atoms with Gasteiger partial charge in [-0.1, -0.05) is 97.1 Å². The summed E-state index contributed by atoms with van der Waals surface area (Å²) in [7, 11) is 0. The van der Waals surface area contributed by atoms with Gasteiger partial charge < -0.3 is 9.47 Å². The summed E-state index contributed by atoms with van der Waals surface area (Å²) < 4.78 is 15.1. The third-order valence-electron chi connectivity index (χ3n) is 10.8. The molecule has 2 aromatic heterocycles. The second kappa shape index (κ2) is 21.0. The van der Waals surface area contributed by atoms with Crippen molar-refractivity contribution in [2.75, 3.05) is 0 Å². The van der Waals surface area contributed by atoms with E-state index in [1.165, 1.54) is 12.2 Å². The summed E-state index contributed by atoms with van der Waals surface area (Å²) in [5.41, 5.74) is 7.49. The smallest absolute Gasteiger partial charge is 0.328 e. The number of carbonyl (C=O) groups is 5. The molecule has 2 fully saturated rings. The summed E-state index contributed by atoms with van der Waals surface area (Å²) in [5.74, 6) is -1.21. The minimum absolute atomic E-state index is 0.0107. The van der Waals surface area contributed by atoms with Crippen molar-refractivity contribution in [3.8, 4) is 45.4 Å². The lowest BCUT2D eigenvalue weighted by Gasteiger charge is -2.16. The number of thiocarbonyl (C=S) groups is 1. The van der Waals surface area contributed by atoms with Gasteiger partial charge in [-0.25, -0.2) is 14.2 Å². The number of aromatic nitrogens is 4. The van der Waals surface area contributed by atoms with E-state index in [1.807, 2.05) is 170 Å². The van der Waals surface area contributed by atoms with Gasteiger partial charge in [0.1, 0.15) is 35.9 Å². The van der Waals surface area contributed by atoms with Crippen LogP contribution in [0.4, 0.5) is 4.79 Å². The Hall–Kier alpha value is -9.54. The first-order valence-electron chi connectivity index (χ1n) is 21.7. The number of carbonyl (C=O) groups excluding carboxylic acids is 5. The van der Waals surface area contributed by atoms with Crippen LogP contribution in [-0.4, -0.2) is 54.3 Å². The first kappa shape index (κ1) is 45.6. The highest BCUT2D eigenvalue weighted by Crippen LogP contribution is 2.30. The van der Waals surface area contributed by atoms with Gasteiger partial charge in [-0.2, -0.15) is 10.2 Å². The van der Waals surface area contributed by atoms with Crippen molar-refractivity contribution in [1.29, 1.82) is 0 Å². The third-order valence-corrected chi connectivity index (χ3v) is 11.0. The van der Waals surface area contributed by atoms with Gasteiger partial charge in [0.2, 0.25) is 0 Å². The molecule has 4 N–H and O–H groups in total. The highest BCUT2D eigenvalue weighted by atomic mass is 32.1. The minimum Gasteiger partial charge on any atom is -0.489 e. The number of urea groups is 1. The molecular formula is C54H40N8O7S. The highest BCUT2D eigenvalue weighted by molar-refractivity contribution is 7.80. The number of rotatable bonds is 12. The zero-order chi connectivity index (χ0) is 48.4. The van der Waals surface area contributed by atoms with Crippen molar-refractivity contribution in [3.05, 3.63) is 216 Å². The van der Waals surface area contributed by atoms with Crippen LogP contribution in [-0.2, 0) is 32.4 Å². The summed E-state index contributed by atoms with van der Waals surface area (Å²) in [5, 5.41) is 18.5. The molecule has 0 unspecified atom stereocenters. The number of amides is 6. The molecule has 0 bridgehead atoms. The lowest BCUT2D eigenvalue weighted by atomic mass is 10.0. The summed E-state index contributed by atoms with van der Waals surface area (Å²) >= 11 is 4.89. The molecular weight excluding hydrogens is 905 g/mol. The largest absolute Gasteiger partial charge is 0.489 e. The van der Waals surface area contributed by atoms with Gasteiger partial charge in [0.15, 0.2) is 5.11 Å². The van der Waals surface area contributed by atoms with Gasteiger partial charge in [0.25, 0.3) is 23.6 Å². The molecule has 2 aliphatic rings. The van der Waals surface area contributed by atoms with E-state index in [4.69, 9.17) is 31.9 Å². The molecule has 0 radical (unpaired) electrons.